The van der Waals surface area contributed by atoms with Crippen LogP contribution in [0.2, 0.25) is 0 Å². The maximum absolute atomic E-state index is 13.5. The van der Waals surface area contributed by atoms with Crippen molar-refractivity contribution in [2.45, 2.75) is 31.6 Å². The third kappa shape index (κ3) is 8.53. The summed E-state index contributed by atoms with van der Waals surface area (Å²) >= 11 is 0. The Labute approximate surface area is 187 Å². The van der Waals surface area contributed by atoms with E-state index in [4.69, 9.17) is 10.5 Å². The molecule has 0 fully saturated rings. The van der Waals surface area contributed by atoms with Gasteiger partial charge in [-0.05, 0) is 17.2 Å². The molecule has 0 aliphatic heterocycles. The molecule has 5 N–H and O–H groups in total. The lowest BCUT2D eigenvalue weighted by Gasteiger charge is -2.17. The van der Waals surface area contributed by atoms with Gasteiger partial charge in [-0.15, -0.1) is 0 Å². The van der Waals surface area contributed by atoms with Crippen LogP contribution in [0.15, 0.2) is 48.5 Å². The second-order valence-corrected chi connectivity index (χ2v) is 7.07. The maximum atomic E-state index is 13.5. The lowest BCUT2D eigenvalue weighted by Crippen LogP contribution is -2.47. The number of amides is 3. The van der Waals surface area contributed by atoms with Crippen LogP contribution < -0.4 is 16.4 Å². The van der Waals surface area contributed by atoms with Crippen LogP contribution in [0.5, 0.6) is 0 Å². The van der Waals surface area contributed by atoms with E-state index >= 15 is 0 Å². The van der Waals surface area contributed by atoms with Crippen molar-refractivity contribution in [1.82, 2.24) is 10.6 Å². The molecule has 0 unspecified atom stereocenters. The van der Waals surface area contributed by atoms with Crippen LogP contribution in [0, 0.1) is 15.9 Å². The van der Waals surface area contributed by atoms with Crippen molar-refractivity contribution in [3.8, 4) is 0 Å². The number of nitrogens with two attached hydrogens (primary N) is 1. The van der Waals surface area contributed by atoms with Crippen molar-refractivity contribution in [1.29, 1.82) is 0 Å². The SMILES string of the molecule is NC(=O)[C@@H](Cc1ccc(F)c([N+](=O)[O-])c1)NC(=O)C[C@@H](O)CNC(=O)OCc1ccccc1. The highest BCUT2D eigenvalue weighted by Gasteiger charge is 2.23. The Balaban J connectivity index is 1.81. The van der Waals surface area contributed by atoms with E-state index in [1.165, 1.54) is 6.07 Å². The van der Waals surface area contributed by atoms with E-state index in [0.29, 0.717) is 0 Å². The first kappa shape index (κ1) is 25.2. The Hall–Kier alpha value is -4.06. The highest BCUT2D eigenvalue weighted by molar-refractivity contribution is 5.87. The summed E-state index contributed by atoms with van der Waals surface area (Å²) in [6.45, 7) is -0.252. The average molecular weight is 462 g/mol. The average Bonchev–Trinajstić information content (AvgIpc) is 2.77. The number of halogens is 1. The predicted molar refractivity (Wildman–Crippen MR) is 113 cm³/mol. The maximum Gasteiger partial charge on any atom is 0.407 e. The number of nitro benzene ring substituents is 1. The minimum atomic E-state index is -1.28. The van der Waals surface area contributed by atoms with Gasteiger partial charge in [0, 0.05) is 19.0 Å². The van der Waals surface area contributed by atoms with Crippen LogP contribution in [0.4, 0.5) is 14.9 Å². The molecular formula is C21H23FN4O7. The highest BCUT2D eigenvalue weighted by Crippen LogP contribution is 2.19. The zero-order valence-corrected chi connectivity index (χ0v) is 17.4. The van der Waals surface area contributed by atoms with Gasteiger partial charge in [0.15, 0.2) is 0 Å². The summed E-state index contributed by atoms with van der Waals surface area (Å²) < 4.78 is 18.4. The number of aliphatic hydroxyl groups excluding tert-OH is 1. The summed E-state index contributed by atoms with van der Waals surface area (Å²) in [4.78, 5) is 45.5. The number of nitro groups is 1. The number of hydrogen-bond acceptors (Lipinski definition) is 7. The first-order valence-electron chi connectivity index (χ1n) is 9.79. The lowest BCUT2D eigenvalue weighted by atomic mass is 10.0. The largest absolute Gasteiger partial charge is 0.445 e. The summed E-state index contributed by atoms with van der Waals surface area (Å²) in [5.74, 6) is -2.71. The number of nitrogens with zero attached hydrogens (tertiary/aromatic N) is 1. The van der Waals surface area contributed by atoms with Crippen molar-refractivity contribution in [2.75, 3.05) is 6.54 Å². The van der Waals surface area contributed by atoms with E-state index in [1.54, 1.807) is 24.3 Å². The summed E-state index contributed by atoms with van der Waals surface area (Å²) in [5.41, 5.74) is 5.48. The molecule has 2 rings (SSSR count). The van der Waals surface area contributed by atoms with E-state index in [0.717, 1.165) is 17.7 Å². The fourth-order valence-corrected chi connectivity index (χ4v) is 2.80. The van der Waals surface area contributed by atoms with Gasteiger partial charge in [0.2, 0.25) is 17.6 Å². The van der Waals surface area contributed by atoms with E-state index in [2.05, 4.69) is 10.6 Å². The van der Waals surface area contributed by atoms with Gasteiger partial charge in [-0.3, -0.25) is 19.7 Å². The minimum Gasteiger partial charge on any atom is -0.445 e. The summed E-state index contributed by atoms with van der Waals surface area (Å²) in [6.07, 6.45) is -2.75. The smallest absolute Gasteiger partial charge is 0.407 e. The molecule has 0 bridgehead atoms. The van der Waals surface area contributed by atoms with Crippen molar-refractivity contribution in [2.24, 2.45) is 5.73 Å². The number of alkyl carbamates (subject to hydrolysis) is 1. The van der Waals surface area contributed by atoms with Crippen LogP contribution in [0.3, 0.4) is 0 Å². The Morgan fingerprint density at radius 2 is 1.85 bits per heavy atom. The number of rotatable bonds is 11. The van der Waals surface area contributed by atoms with Gasteiger partial charge in [0.25, 0.3) is 0 Å². The van der Waals surface area contributed by atoms with Gasteiger partial charge >= 0.3 is 11.8 Å². The number of carbonyl (C=O) groups is 3. The molecule has 176 valence electrons. The fourth-order valence-electron chi connectivity index (χ4n) is 2.80. The van der Waals surface area contributed by atoms with Gasteiger partial charge in [-0.2, -0.15) is 4.39 Å². The molecule has 0 aliphatic rings. The molecule has 0 aliphatic carbocycles. The van der Waals surface area contributed by atoms with Crippen LogP contribution in [-0.2, 0) is 27.4 Å². The highest BCUT2D eigenvalue weighted by atomic mass is 19.1. The van der Waals surface area contributed by atoms with Crippen molar-refractivity contribution in [3.05, 3.63) is 75.6 Å². The van der Waals surface area contributed by atoms with Gasteiger partial charge in [0.1, 0.15) is 12.6 Å². The van der Waals surface area contributed by atoms with Gasteiger partial charge in [-0.1, -0.05) is 36.4 Å². The molecule has 0 aromatic heterocycles. The van der Waals surface area contributed by atoms with E-state index < -0.39 is 52.9 Å². The van der Waals surface area contributed by atoms with Gasteiger partial charge < -0.3 is 26.2 Å². The van der Waals surface area contributed by atoms with E-state index in [-0.39, 0.29) is 25.1 Å². The Kier molecular flexibility index (Phi) is 9.24. The second kappa shape index (κ2) is 12.1. The third-order valence-electron chi connectivity index (χ3n) is 4.44. The molecule has 0 saturated carbocycles. The molecule has 0 heterocycles. The van der Waals surface area contributed by atoms with Crippen LogP contribution in [-0.4, -0.2) is 46.6 Å². The molecule has 2 aromatic carbocycles. The summed E-state index contributed by atoms with van der Waals surface area (Å²) in [7, 11) is 0. The summed E-state index contributed by atoms with van der Waals surface area (Å²) in [6, 6.07) is 10.7. The number of primary amides is 1. The molecule has 12 heteroatoms. The van der Waals surface area contributed by atoms with Gasteiger partial charge in [-0.25, -0.2) is 4.79 Å². The first-order valence-corrected chi connectivity index (χ1v) is 9.79. The Morgan fingerprint density at radius 1 is 1.15 bits per heavy atom. The minimum absolute atomic E-state index is 0.0328. The number of ether oxygens (including phenoxy) is 1. The summed E-state index contributed by atoms with van der Waals surface area (Å²) in [5, 5.41) is 25.4. The number of benzene rings is 2. The number of nitrogens with one attached hydrogen (secondary N) is 2. The lowest BCUT2D eigenvalue weighted by molar-refractivity contribution is -0.387. The van der Waals surface area contributed by atoms with E-state index in [9.17, 15) is 34.0 Å². The molecule has 0 saturated heterocycles. The predicted octanol–water partition coefficient (Wildman–Crippen LogP) is 0.924. The van der Waals surface area contributed by atoms with Gasteiger partial charge in [0.05, 0.1) is 17.4 Å². The standard InChI is InChI=1S/C21H23FN4O7/c22-16-7-6-14(9-18(16)26(31)32)8-17(20(23)29)25-19(28)10-15(27)11-24-21(30)33-12-13-4-2-1-3-5-13/h1-7,9,15,17,27H,8,10-12H2,(H2,23,29)(H,24,30)(H,25,28)/t15-,17-/m1/s1. The molecule has 2 aromatic rings. The Morgan fingerprint density at radius 3 is 2.48 bits per heavy atom. The van der Waals surface area contributed by atoms with Crippen molar-refractivity contribution in [3.63, 3.8) is 0 Å². The second-order valence-electron chi connectivity index (χ2n) is 7.07. The van der Waals surface area contributed by atoms with Crippen molar-refractivity contribution < 1.29 is 33.5 Å². The molecule has 3 amide bonds. The van der Waals surface area contributed by atoms with Crippen LogP contribution in [0.25, 0.3) is 0 Å². The zero-order chi connectivity index (χ0) is 24.4. The van der Waals surface area contributed by atoms with Crippen molar-refractivity contribution >= 4 is 23.6 Å². The topological polar surface area (TPSA) is 174 Å². The quantitative estimate of drug-likeness (QED) is 0.284. The monoisotopic (exact) mass is 462 g/mol. The van der Waals surface area contributed by atoms with E-state index in [1.807, 2.05) is 6.07 Å². The molecule has 0 spiro atoms. The number of carbonyl (C=O) groups excluding carboxylic acids is 3. The molecule has 33 heavy (non-hydrogen) atoms. The molecular weight excluding hydrogens is 439 g/mol. The molecule has 2 atom stereocenters. The zero-order valence-electron chi connectivity index (χ0n) is 17.4. The first-order chi connectivity index (χ1) is 15.7. The number of hydrogen-bond donors (Lipinski definition) is 4. The Bertz CT molecular complexity index is 1000. The van der Waals surface area contributed by atoms with Crippen LogP contribution in [0.1, 0.15) is 17.5 Å². The van der Waals surface area contributed by atoms with Crippen LogP contribution >= 0.6 is 0 Å². The molecule has 11 nitrogen and oxygen atoms in total. The third-order valence-corrected chi connectivity index (χ3v) is 4.44. The number of aliphatic hydroxyl groups is 1. The molecule has 0 radical (unpaired) electrons. The normalized spacial score (nSPS) is 12.3. The fraction of sp³-hybridized carbons (Fsp3) is 0.286.